The van der Waals surface area contributed by atoms with Crippen molar-refractivity contribution in [3.8, 4) is 11.5 Å². The second-order valence-corrected chi connectivity index (χ2v) is 6.94. The van der Waals surface area contributed by atoms with Gasteiger partial charge in [0.05, 0.1) is 32.3 Å². The Morgan fingerprint density at radius 3 is 2.48 bits per heavy atom. The molecular formula is C14H20N2O6S. The molecule has 2 rings (SSSR count). The molecule has 1 saturated heterocycles. The summed E-state index contributed by atoms with van der Waals surface area (Å²) in [4.78, 5) is 11.6. The van der Waals surface area contributed by atoms with Gasteiger partial charge in [-0.3, -0.25) is 4.79 Å². The first-order valence-corrected chi connectivity index (χ1v) is 8.38. The van der Waals surface area contributed by atoms with Crippen molar-refractivity contribution in [1.82, 2.24) is 4.31 Å². The first-order valence-electron chi connectivity index (χ1n) is 6.94. The molecule has 0 saturated carbocycles. The number of primary amides is 1. The quantitative estimate of drug-likeness (QED) is 0.798. The molecule has 1 amide bonds. The van der Waals surface area contributed by atoms with Crippen molar-refractivity contribution >= 4 is 15.9 Å². The molecule has 2 N–H and O–H groups in total. The first kappa shape index (κ1) is 17.5. The topological polar surface area (TPSA) is 108 Å². The number of carbonyl (C=O) groups excluding carboxylic acids is 1. The maximum absolute atomic E-state index is 13.0. The van der Waals surface area contributed by atoms with Gasteiger partial charge in [-0.25, -0.2) is 8.42 Å². The summed E-state index contributed by atoms with van der Waals surface area (Å²) in [5, 5.41) is 0. The molecule has 0 spiro atoms. The maximum Gasteiger partial charge on any atom is 0.244 e. The van der Waals surface area contributed by atoms with Gasteiger partial charge >= 0.3 is 0 Å². The molecule has 1 unspecified atom stereocenters. The van der Waals surface area contributed by atoms with Crippen LogP contribution in [0.15, 0.2) is 17.0 Å². The van der Waals surface area contributed by atoms with E-state index in [1.165, 1.54) is 20.3 Å². The van der Waals surface area contributed by atoms with Gasteiger partial charge in [0.1, 0.15) is 6.04 Å². The molecular weight excluding hydrogens is 324 g/mol. The predicted octanol–water partition coefficient (Wildman–Crippen LogP) is -0.113. The van der Waals surface area contributed by atoms with E-state index in [0.717, 1.165) is 4.31 Å². The van der Waals surface area contributed by atoms with E-state index >= 15 is 0 Å². The Balaban J connectivity index is 2.52. The van der Waals surface area contributed by atoms with Gasteiger partial charge in [0.2, 0.25) is 15.9 Å². The highest BCUT2D eigenvalue weighted by atomic mass is 32.2. The number of carbonyl (C=O) groups is 1. The van der Waals surface area contributed by atoms with E-state index < -0.39 is 22.0 Å². The summed E-state index contributed by atoms with van der Waals surface area (Å²) in [6.07, 6.45) is 0. The molecule has 23 heavy (non-hydrogen) atoms. The number of nitrogens with two attached hydrogens (primary N) is 1. The van der Waals surface area contributed by atoms with Gasteiger partial charge in [0.25, 0.3) is 0 Å². The monoisotopic (exact) mass is 344 g/mol. The highest BCUT2D eigenvalue weighted by Crippen LogP contribution is 2.34. The van der Waals surface area contributed by atoms with Gasteiger partial charge in [-0.05, 0) is 18.6 Å². The van der Waals surface area contributed by atoms with Crippen LogP contribution in [0.5, 0.6) is 11.5 Å². The Labute approximate surface area is 135 Å². The highest BCUT2D eigenvalue weighted by Gasteiger charge is 2.38. The van der Waals surface area contributed by atoms with Crippen molar-refractivity contribution in [1.29, 1.82) is 0 Å². The molecule has 0 radical (unpaired) electrons. The van der Waals surface area contributed by atoms with Gasteiger partial charge in [-0.1, -0.05) is 0 Å². The van der Waals surface area contributed by atoms with Crippen LogP contribution in [0.1, 0.15) is 5.56 Å². The number of amides is 1. The minimum Gasteiger partial charge on any atom is -0.493 e. The minimum absolute atomic E-state index is 0.0447. The lowest BCUT2D eigenvalue weighted by Gasteiger charge is -2.33. The van der Waals surface area contributed by atoms with Crippen molar-refractivity contribution in [2.45, 2.75) is 17.9 Å². The molecule has 0 aliphatic carbocycles. The number of nitrogens with zero attached hydrogens (tertiary/aromatic N) is 1. The van der Waals surface area contributed by atoms with Gasteiger partial charge in [-0.2, -0.15) is 4.31 Å². The Hall–Kier alpha value is -1.84. The molecule has 128 valence electrons. The molecule has 1 atom stereocenters. The van der Waals surface area contributed by atoms with E-state index in [1.54, 1.807) is 13.0 Å². The molecule has 1 aliphatic rings. The second-order valence-electron chi connectivity index (χ2n) is 5.08. The van der Waals surface area contributed by atoms with Crippen molar-refractivity contribution < 1.29 is 27.4 Å². The normalized spacial score (nSPS) is 19.3. The van der Waals surface area contributed by atoms with Gasteiger partial charge in [0.15, 0.2) is 11.5 Å². The molecule has 1 fully saturated rings. The van der Waals surface area contributed by atoms with Gasteiger partial charge in [-0.15, -0.1) is 0 Å². The number of sulfonamides is 1. The van der Waals surface area contributed by atoms with Crippen LogP contribution in [0.25, 0.3) is 0 Å². The van der Waals surface area contributed by atoms with Crippen LogP contribution in [0.4, 0.5) is 0 Å². The van der Waals surface area contributed by atoms with Crippen molar-refractivity contribution in [3.63, 3.8) is 0 Å². The number of hydrogen-bond donors (Lipinski definition) is 1. The van der Waals surface area contributed by atoms with Crippen LogP contribution < -0.4 is 15.2 Å². The standard InChI is InChI=1S/C14H20N2O6S/c1-9-6-11(20-2)12(21-3)7-13(9)23(18,19)16-4-5-22-8-10(16)14(15)17/h6-7,10H,4-5,8H2,1-3H3,(H2,15,17). The number of hydrogen-bond acceptors (Lipinski definition) is 6. The van der Waals surface area contributed by atoms with Crippen LogP contribution >= 0.6 is 0 Å². The molecule has 1 aliphatic heterocycles. The van der Waals surface area contributed by atoms with E-state index in [-0.39, 0.29) is 24.7 Å². The van der Waals surface area contributed by atoms with E-state index in [2.05, 4.69) is 0 Å². The van der Waals surface area contributed by atoms with Crippen LogP contribution in [0.3, 0.4) is 0 Å². The average Bonchev–Trinajstić information content (AvgIpc) is 2.54. The second kappa shape index (κ2) is 6.73. The molecule has 0 bridgehead atoms. The van der Waals surface area contributed by atoms with E-state index in [0.29, 0.717) is 17.1 Å². The zero-order valence-electron chi connectivity index (χ0n) is 13.2. The number of morpholine rings is 1. The van der Waals surface area contributed by atoms with Crippen molar-refractivity contribution in [2.24, 2.45) is 5.73 Å². The number of methoxy groups -OCH3 is 2. The largest absolute Gasteiger partial charge is 0.493 e. The Kier molecular flexibility index (Phi) is 5.12. The summed E-state index contributed by atoms with van der Waals surface area (Å²) in [5.41, 5.74) is 5.79. The minimum atomic E-state index is -3.93. The zero-order valence-corrected chi connectivity index (χ0v) is 14.1. The zero-order chi connectivity index (χ0) is 17.2. The van der Waals surface area contributed by atoms with Crippen LogP contribution in [-0.4, -0.2) is 58.7 Å². The maximum atomic E-state index is 13.0. The summed E-state index contributed by atoms with van der Waals surface area (Å²) in [7, 11) is -1.04. The molecule has 0 aromatic heterocycles. The lowest BCUT2D eigenvalue weighted by atomic mass is 10.2. The van der Waals surface area contributed by atoms with Crippen LogP contribution in [0.2, 0.25) is 0 Å². The van der Waals surface area contributed by atoms with Gasteiger partial charge in [0, 0.05) is 12.6 Å². The number of aryl methyl sites for hydroxylation is 1. The van der Waals surface area contributed by atoms with E-state index in [9.17, 15) is 13.2 Å². The van der Waals surface area contributed by atoms with Crippen LogP contribution in [-0.2, 0) is 19.6 Å². The molecule has 1 heterocycles. The number of benzene rings is 1. The Morgan fingerprint density at radius 2 is 1.91 bits per heavy atom. The summed E-state index contributed by atoms with van der Waals surface area (Å²) < 4.78 is 42.5. The third kappa shape index (κ3) is 3.26. The Morgan fingerprint density at radius 1 is 1.30 bits per heavy atom. The van der Waals surface area contributed by atoms with Crippen molar-refractivity contribution in [3.05, 3.63) is 17.7 Å². The molecule has 1 aromatic rings. The number of rotatable bonds is 5. The first-order chi connectivity index (χ1) is 10.8. The summed E-state index contributed by atoms with van der Waals surface area (Å²) >= 11 is 0. The Bertz CT molecular complexity index is 703. The predicted molar refractivity (Wildman–Crippen MR) is 82.0 cm³/mol. The van der Waals surface area contributed by atoms with E-state index in [4.69, 9.17) is 19.9 Å². The van der Waals surface area contributed by atoms with E-state index in [1.807, 2.05) is 0 Å². The fourth-order valence-electron chi connectivity index (χ4n) is 2.47. The lowest BCUT2D eigenvalue weighted by Crippen LogP contribution is -2.54. The molecule has 8 nitrogen and oxygen atoms in total. The lowest BCUT2D eigenvalue weighted by molar-refractivity contribution is -0.125. The molecule has 9 heteroatoms. The fourth-order valence-corrected chi connectivity index (χ4v) is 4.26. The third-order valence-corrected chi connectivity index (χ3v) is 5.73. The number of ether oxygens (including phenoxy) is 3. The van der Waals surface area contributed by atoms with Gasteiger partial charge < -0.3 is 19.9 Å². The molecule has 1 aromatic carbocycles. The SMILES string of the molecule is COc1cc(C)c(S(=O)(=O)N2CCOCC2C(N)=O)cc1OC. The third-order valence-electron chi connectivity index (χ3n) is 3.68. The average molecular weight is 344 g/mol. The van der Waals surface area contributed by atoms with Crippen molar-refractivity contribution in [2.75, 3.05) is 34.0 Å². The summed E-state index contributed by atoms with van der Waals surface area (Å²) in [6.45, 7) is 1.86. The fraction of sp³-hybridized carbons (Fsp3) is 0.500. The smallest absolute Gasteiger partial charge is 0.244 e. The summed E-state index contributed by atoms with van der Waals surface area (Å²) in [5.74, 6) is -0.0238. The van der Waals surface area contributed by atoms with Crippen LogP contribution in [0, 0.1) is 6.92 Å². The summed E-state index contributed by atoms with van der Waals surface area (Å²) in [6, 6.07) is 1.93. The highest BCUT2D eigenvalue weighted by molar-refractivity contribution is 7.89.